The minimum absolute atomic E-state index is 0.0486. The zero-order valence-corrected chi connectivity index (χ0v) is 24.6. The molecule has 3 fully saturated rings. The number of benzene rings is 1. The van der Waals surface area contributed by atoms with Gasteiger partial charge in [-0.15, -0.1) is 0 Å². The van der Waals surface area contributed by atoms with Crippen LogP contribution in [0.5, 0.6) is 0 Å². The van der Waals surface area contributed by atoms with Crippen LogP contribution in [-0.4, -0.2) is 85.0 Å². The zero-order chi connectivity index (χ0) is 29.1. The smallest absolute Gasteiger partial charge is 0.409 e. The lowest BCUT2D eigenvalue weighted by atomic mass is 9.83. The molecule has 1 aromatic rings. The molecule has 1 saturated carbocycles. The van der Waals surface area contributed by atoms with Crippen LogP contribution in [0.15, 0.2) is 24.3 Å². The van der Waals surface area contributed by atoms with Gasteiger partial charge in [-0.05, 0) is 69.5 Å². The van der Waals surface area contributed by atoms with Crippen molar-refractivity contribution in [1.29, 1.82) is 0 Å². The van der Waals surface area contributed by atoms with Crippen molar-refractivity contribution in [1.82, 2.24) is 25.8 Å². The number of carbonyl (C=O) groups is 4. The van der Waals surface area contributed by atoms with Crippen LogP contribution < -0.4 is 16.0 Å². The van der Waals surface area contributed by atoms with Gasteiger partial charge in [0.2, 0.25) is 17.7 Å². The van der Waals surface area contributed by atoms with Gasteiger partial charge in [0.15, 0.2) is 0 Å². The van der Waals surface area contributed by atoms with E-state index in [2.05, 4.69) is 28.1 Å². The van der Waals surface area contributed by atoms with Gasteiger partial charge in [-0.1, -0.05) is 43.5 Å². The number of aryl methyl sites for hydroxylation is 1. The molecule has 2 aliphatic carbocycles. The molecule has 0 aromatic heterocycles. The van der Waals surface area contributed by atoms with Crippen LogP contribution in [-0.2, 0) is 25.5 Å². The van der Waals surface area contributed by atoms with E-state index >= 15 is 0 Å². The van der Waals surface area contributed by atoms with E-state index in [1.807, 2.05) is 12.1 Å². The van der Waals surface area contributed by atoms with E-state index < -0.39 is 30.1 Å². The number of carbonyl (C=O) groups excluding carboxylic acids is 4. The van der Waals surface area contributed by atoms with Gasteiger partial charge in [-0.3, -0.25) is 14.4 Å². The average Bonchev–Trinajstić information content (AvgIpc) is 3.60. The predicted molar refractivity (Wildman–Crippen MR) is 154 cm³/mol. The molecule has 1 aromatic carbocycles. The van der Waals surface area contributed by atoms with Gasteiger partial charge in [0.25, 0.3) is 0 Å². The van der Waals surface area contributed by atoms with Gasteiger partial charge in [0.1, 0.15) is 6.04 Å². The first kappa shape index (κ1) is 29.4. The monoisotopic (exact) mass is 567 g/mol. The van der Waals surface area contributed by atoms with Crippen LogP contribution in [0.3, 0.4) is 0 Å². The molecule has 6 atom stereocenters. The number of amides is 4. The SMILES string of the molecule is CNC(C)C(=O)NC(C(=O)N1CCC2C1C(C(=O)NC1CCCc3ccccc31)CN2C(=O)OC)C1CCCCC1. The molecule has 41 heavy (non-hydrogen) atoms. The number of likely N-dealkylation sites (N-methyl/N-ethyl adjacent to an activating group) is 1. The molecule has 3 N–H and O–H groups in total. The molecule has 4 aliphatic rings. The van der Waals surface area contributed by atoms with Gasteiger partial charge in [-0.2, -0.15) is 0 Å². The third-order valence-corrected chi connectivity index (χ3v) is 9.85. The molecule has 2 saturated heterocycles. The maximum absolute atomic E-state index is 14.3. The molecule has 10 nitrogen and oxygen atoms in total. The van der Waals surface area contributed by atoms with E-state index in [1.54, 1.807) is 23.8 Å². The Balaban J connectivity index is 1.40. The van der Waals surface area contributed by atoms with E-state index in [4.69, 9.17) is 4.74 Å². The average molecular weight is 568 g/mol. The molecule has 10 heteroatoms. The van der Waals surface area contributed by atoms with Gasteiger partial charge in [0, 0.05) is 13.1 Å². The number of methoxy groups -OCH3 is 1. The fraction of sp³-hybridized carbons (Fsp3) is 0.677. The summed E-state index contributed by atoms with van der Waals surface area (Å²) in [4.78, 5) is 57.5. The lowest BCUT2D eigenvalue weighted by Crippen LogP contribution is -2.58. The summed E-state index contributed by atoms with van der Waals surface area (Å²) in [5, 5.41) is 9.30. The van der Waals surface area contributed by atoms with Gasteiger partial charge in [-0.25, -0.2) is 4.79 Å². The largest absolute Gasteiger partial charge is 0.453 e. The van der Waals surface area contributed by atoms with E-state index in [9.17, 15) is 19.2 Å². The Kier molecular flexibility index (Phi) is 9.16. The van der Waals surface area contributed by atoms with Gasteiger partial charge < -0.3 is 30.5 Å². The van der Waals surface area contributed by atoms with Crippen molar-refractivity contribution in [3.05, 3.63) is 35.4 Å². The fourth-order valence-electron chi connectivity index (χ4n) is 7.52. The quantitative estimate of drug-likeness (QED) is 0.466. The summed E-state index contributed by atoms with van der Waals surface area (Å²) in [5.74, 6) is -1.03. The Hall–Kier alpha value is -3.14. The summed E-state index contributed by atoms with van der Waals surface area (Å²) in [7, 11) is 3.07. The van der Waals surface area contributed by atoms with E-state index in [-0.39, 0.29) is 42.3 Å². The van der Waals surface area contributed by atoms with Crippen LogP contribution in [0, 0.1) is 11.8 Å². The number of hydrogen-bond donors (Lipinski definition) is 3. The molecule has 4 amide bonds. The summed E-state index contributed by atoms with van der Waals surface area (Å²) in [6, 6.07) is 6.26. The lowest BCUT2D eigenvalue weighted by Gasteiger charge is -2.36. The zero-order valence-electron chi connectivity index (χ0n) is 24.6. The first-order valence-corrected chi connectivity index (χ1v) is 15.3. The van der Waals surface area contributed by atoms with Gasteiger partial charge >= 0.3 is 6.09 Å². The van der Waals surface area contributed by atoms with Crippen LogP contribution in [0.2, 0.25) is 0 Å². The van der Waals surface area contributed by atoms with Crippen LogP contribution in [0.25, 0.3) is 0 Å². The maximum atomic E-state index is 14.3. The Morgan fingerprint density at radius 2 is 1.73 bits per heavy atom. The van der Waals surface area contributed by atoms with Crippen LogP contribution in [0.4, 0.5) is 4.79 Å². The standard InChI is InChI=1S/C31H45N5O5/c1-19(32-2)28(37)34-26(21-11-5-4-6-12-21)30(39)35-17-16-25-27(35)23(18-36(25)31(40)41-3)29(38)33-24-15-9-13-20-10-7-8-14-22(20)24/h7-8,10,14,19,21,23-27,32H,4-6,9,11-13,15-18H2,1-3H3,(H,33,38)(H,34,37). The summed E-state index contributed by atoms with van der Waals surface area (Å²) in [5.41, 5.74) is 2.40. The Morgan fingerprint density at radius 3 is 2.46 bits per heavy atom. The van der Waals surface area contributed by atoms with E-state index in [0.29, 0.717) is 13.0 Å². The number of fused-ring (bicyclic) bond motifs is 2. The summed E-state index contributed by atoms with van der Waals surface area (Å²) >= 11 is 0. The van der Waals surface area contributed by atoms with Crippen molar-refractivity contribution in [3.8, 4) is 0 Å². The van der Waals surface area contributed by atoms with Crippen molar-refractivity contribution in [2.45, 2.75) is 94.9 Å². The second kappa shape index (κ2) is 12.8. The molecule has 0 bridgehead atoms. The Bertz CT molecular complexity index is 1140. The molecule has 2 aliphatic heterocycles. The topological polar surface area (TPSA) is 120 Å². The Morgan fingerprint density at radius 1 is 0.976 bits per heavy atom. The van der Waals surface area contributed by atoms with Crippen LogP contribution in [0.1, 0.15) is 75.5 Å². The summed E-state index contributed by atoms with van der Waals surface area (Å²) < 4.78 is 5.08. The highest BCUT2D eigenvalue weighted by atomic mass is 16.5. The maximum Gasteiger partial charge on any atom is 0.409 e. The number of ether oxygens (including phenoxy) is 1. The Labute approximate surface area is 242 Å². The van der Waals surface area contributed by atoms with Crippen molar-refractivity contribution in [2.24, 2.45) is 11.8 Å². The van der Waals surface area contributed by atoms with Crippen molar-refractivity contribution in [3.63, 3.8) is 0 Å². The second-order valence-electron chi connectivity index (χ2n) is 12.2. The molecule has 5 rings (SSSR count). The molecular weight excluding hydrogens is 522 g/mol. The number of nitrogens with one attached hydrogen (secondary N) is 3. The van der Waals surface area contributed by atoms with Crippen molar-refractivity contribution in [2.75, 3.05) is 27.2 Å². The molecule has 6 unspecified atom stereocenters. The number of nitrogens with zero attached hydrogens (tertiary/aromatic N) is 2. The number of likely N-dealkylation sites (tertiary alicyclic amines) is 2. The van der Waals surface area contributed by atoms with Crippen molar-refractivity contribution >= 4 is 23.8 Å². The normalized spacial score (nSPS) is 27.4. The highest BCUT2D eigenvalue weighted by molar-refractivity contribution is 5.91. The number of rotatable bonds is 7. The molecular formula is C31H45N5O5. The lowest BCUT2D eigenvalue weighted by molar-refractivity contribution is -0.141. The summed E-state index contributed by atoms with van der Waals surface area (Å²) in [6.07, 6.45) is 7.88. The first-order valence-electron chi connectivity index (χ1n) is 15.3. The van der Waals surface area contributed by atoms with E-state index in [1.165, 1.54) is 12.7 Å². The molecule has 0 spiro atoms. The third-order valence-electron chi connectivity index (χ3n) is 9.85. The molecule has 224 valence electrons. The first-order chi connectivity index (χ1) is 19.8. The second-order valence-corrected chi connectivity index (χ2v) is 12.2. The minimum atomic E-state index is -0.654. The van der Waals surface area contributed by atoms with Crippen LogP contribution >= 0.6 is 0 Å². The third kappa shape index (κ3) is 5.94. The molecule has 0 radical (unpaired) electrons. The fourth-order valence-corrected chi connectivity index (χ4v) is 7.52. The summed E-state index contributed by atoms with van der Waals surface area (Å²) in [6.45, 7) is 2.40. The predicted octanol–water partition coefficient (Wildman–Crippen LogP) is 2.52. The van der Waals surface area contributed by atoms with E-state index in [0.717, 1.165) is 56.9 Å². The molecule has 2 heterocycles. The number of hydrogen-bond acceptors (Lipinski definition) is 6. The van der Waals surface area contributed by atoms with Crippen molar-refractivity contribution < 1.29 is 23.9 Å². The highest BCUT2D eigenvalue weighted by Gasteiger charge is 2.55. The minimum Gasteiger partial charge on any atom is -0.453 e. The van der Waals surface area contributed by atoms with Gasteiger partial charge in [0.05, 0.1) is 37.2 Å². The highest BCUT2D eigenvalue weighted by Crippen LogP contribution is 2.39.